The zero-order valence-corrected chi connectivity index (χ0v) is 19.1. The Bertz CT molecular complexity index is 946. The van der Waals surface area contributed by atoms with E-state index in [0.717, 1.165) is 22.3 Å². The molecule has 5 N–H and O–H groups in total. The van der Waals surface area contributed by atoms with Crippen molar-refractivity contribution in [3.63, 3.8) is 0 Å². The van der Waals surface area contributed by atoms with Crippen molar-refractivity contribution in [1.29, 1.82) is 0 Å². The molecule has 1 atom stereocenters. The van der Waals surface area contributed by atoms with Crippen LogP contribution in [0.1, 0.15) is 43.7 Å². The first kappa shape index (κ1) is 24.1. The van der Waals surface area contributed by atoms with Crippen LogP contribution >= 0.6 is 0 Å². The Hall–Kier alpha value is -3.55. The fraction of sp³-hybridized carbons (Fsp3) is 0.400. The molecule has 0 fully saturated rings. The van der Waals surface area contributed by atoms with Gasteiger partial charge in [0.25, 0.3) is 0 Å². The molecule has 1 aliphatic rings. The van der Waals surface area contributed by atoms with Gasteiger partial charge in [-0.2, -0.15) is 0 Å². The third-order valence-electron chi connectivity index (χ3n) is 5.77. The summed E-state index contributed by atoms with van der Waals surface area (Å²) in [4.78, 5) is 35.8. The quantitative estimate of drug-likeness (QED) is 0.414. The van der Waals surface area contributed by atoms with Crippen molar-refractivity contribution in [2.75, 3.05) is 19.7 Å². The molecule has 1 aliphatic carbocycles. The summed E-state index contributed by atoms with van der Waals surface area (Å²) in [6, 6.07) is 15.0. The summed E-state index contributed by atoms with van der Waals surface area (Å²) in [5.74, 6) is -0.410. The number of hydrogen-bond acceptors (Lipinski definition) is 4. The van der Waals surface area contributed by atoms with Crippen LogP contribution < -0.4 is 21.7 Å². The summed E-state index contributed by atoms with van der Waals surface area (Å²) in [6.07, 6.45) is 0.758. The molecule has 0 aromatic heterocycles. The first-order valence-corrected chi connectivity index (χ1v) is 11.3. The number of rotatable bonds is 10. The van der Waals surface area contributed by atoms with Crippen LogP contribution in [-0.4, -0.2) is 43.8 Å². The molecule has 4 amide bonds. The SMILES string of the molecule is CC(C)[C@H](NC(=O)OCC1c2ccccc2-c2ccccc21)C(=O)NCCCCNC(N)=O. The van der Waals surface area contributed by atoms with Gasteiger partial charge in [0.05, 0.1) is 0 Å². The average Bonchev–Trinajstić information content (AvgIpc) is 3.11. The van der Waals surface area contributed by atoms with Crippen molar-refractivity contribution in [2.24, 2.45) is 11.7 Å². The first-order chi connectivity index (χ1) is 15.9. The highest BCUT2D eigenvalue weighted by Gasteiger charge is 2.30. The number of urea groups is 1. The first-order valence-electron chi connectivity index (χ1n) is 11.3. The number of hydrogen-bond donors (Lipinski definition) is 4. The molecular weight excluding hydrogens is 420 g/mol. The van der Waals surface area contributed by atoms with E-state index in [-0.39, 0.29) is 24.3 Å². The van der Waals surface area contributed by atoms with Crippen LogP contribution in [0.25, 0.3) is 11.1 Å². The number of carbonyl (C=O) groups excluding carboxylic acids is 3. The Kier molecular flexibility index (Phi) is 8.29. The molecule has 0 unspecified atom stereocenters. The number of ether oxygens (including phenoxy) is 1. The van der Waals surface area contributed by atoms with Crippen LogP contribution in [0.5, 0.6) is 0 Å². The molecule has 0 saturated carbocycles. The molecule has 8 nitrogen and oxygen atoms in total. The van der Waals surface area contributed by atoms with E-state index in [1.165, 1.54) is 0 Å². The lowest BCUT2D eigenvalue weighted by atomic mass is 9.98. The maximum Gasteiger partial charge on any atom is 0.407 e. The van der Waals surface area contributed by atoms with Gasteiger partial charge in [-0.1, -0.05) is 62.4 Å². The van der Waals surface area contributed by atoms with E-state index in [9.17, 15) is 14.4 Å². The molecule has 0 bridgehead atoms. The minimum absolute atomic E-state index is 0.0384. The van der Waals surface area contributed by atoms with Gasteiger partial charge in [0.15, 0.2) is 0 Å². The lowest BCUT2D eigenvalue weighted by molar-refractivity contribution is -0.124. The molecule has 3 rings (SSSR count). The number of nitrogens with one attached hydrogen (secondary N) is 3. The average molecular weight is 453 g/mol. The number of alkyl carbamates (subject to hydrolysis) is 1. The van der Waals surface area contributed by atoms with Crippen molar-refractivity contribution in [1.82, 2.24) is 16.0 Å². The summed E-state index contributed by atoms with van der Waals surface area (Å²) in [6.45, 7) is 4.82. The molecule has 8 heteroatoms. The van der Waals surface area contributed by atoms with Gasteiger partial charge in [0.2, 0.25) is 5.91 Å². The zero-order valence-electron chi connectivity index (χ0n) is 19.1. The van der Waals surface area contributed by atoms with Gasteiger partial charge in [0.1, 0.15) is 12.6 Å². The Morgan fingerprint density at radius 2 is 1.45 bits per heavy atom. The molecular formula is C25H32N4O4. The third kappa shape index (κ3) is 6.25. The van der Waals surface area contributed by atoms with Crippen LogP contribution in [0, 0.1) is 5.92 Å². The lowest BCUT2D eigenvalue weighted by Crippen LogP contribution is -2.50. The number of carbonyl (C=O) groups is 3. The topological polar surface area (TPSA) is 123 Å². The van der Waals surface area contributed by atoms with Gasteiger partial charge in [0, 0.05) is 19.0 Å². The minimum Gasteiger partial charge on any atom is -0.449 e. The molecule has 0 heterocycles. The maximum atomic E-state index is 12.6. The largest absolute Gasteiger partial charge is 0.449 e. The molecule has 0 saturated heterocycles. The van der Waals surface area contributed by atoms with Crippen molar-refractivity contribution >= 4 is 18.0 Å². The maximum absolute atomic E-state index is 12.6. The predicted molar refractivity (Wildman–Crippen MR) is 127 cm³/mol. The fourth-order valence-electron chi connectivity index (χ4n) is 4.09. The summed E-state index contributed by atoms with van der Waals surface area (Å²) >= 11 is 0. The van der Waals surface area contributed by atoms with E-state index < -0.39 is 18.2 Å². The van der Waals surface area contributed by atoms with E-state index >= 15 is 0 Å². The van der Waals surface area contributed by atoms with Crippen LogP contribution in [0.3, 0.4) is 0 Å². The van der Waals surface area contributed by atoms with Gasteiger partial charge < -0.3 is 26.4 Å². The van der Waals surface area contributed by atoms with Crippen LogP contribution in [0.15, 0.2) is 48.5 Å². The minimum atomic E-state index is -0.704. The Labute approximate surface area is 194 Å². The van der Waals surface area contributed by atoms with Gasteiger partial charge in [-0.3, -0.25) is 4.79 Å². The van der Waals surface area contributed by atoms with Crippen LogP contribution in [0.2, 0.25) is 0 Å². The monoisotopic (exact) mass is 452 g/mol. The number of benzene rings is 2. The summed E-state index contributed by atoms with van der Waals surface area (Å²) in [5.41, 5.74) is 9.60. The van der Waals surface area contributed by atoms with E-state index in [4.69, 9.17) is 10.5 Å². The molecule has 2 aromatic carbocycles. The predicted octanol–water partition coefficient (Wildman–Crippen LogP) is 3.11. The number of amides is 4. The second kappa shape index (κ2) is 11.4. The summed E-state index contributed by atoms with van der Waals surface area (Å²) in [5, 5.41) is 8.04. The van der Waals surface area contributed by atoms with Crippen molar-refractivity contribution in [3.8, 4) is 11.1 Å². The van der Waals surface area contributed by atoms with E-state index in [2.05, 4.69) is 40.2 Å². The number of primary amides is 1. The summed E-state index contributed by atoms with van der Waals surface area (Å²) in [7, 11) is 0. The molecule has 2 aromatic rings. The molecule has 0 aliphatic heterocycles. The van der Waals surface area contributed by atoms with Crippen molar-refractivity contribution < 1.29 is 19.1 Å². The van der Waals surface area contributed by atoms with E-state index in [1.54, 1.807) is 0 Å². The third-order valence-corrected chi connectivity index (χ3v) is 5.77. The number of unbranched alkanes of at least 4 members (excludes halogenated alkanes) is 1. The van der Waals surface area contributed by atoms with Crippen molar-refractivity contribution in [2.45, 2.75) is 38.6 Å². The van der Waals surface area contributed by atoms with Crippen LogP contribution in [0.4, 0.5) is 9.59 Å². The van der Waals surface area contributed by atoms with Gasteiger partial charge >= 0.3 is 12.1 Å². The van der Waals surface area contributed by atoms with Crippen molar-refractivity contribution in [3.05, 3.63) is 59.7 Å². The normalized spacial score (nSPS) is 13.1. The van der Waals surface area contributed by atoms with Gasteiger partial charge in [-0.25, -0.2) is 9.59 Å². The second-order valence-electron chi connectivity index (χ2n) is 8.48. The molecule has 33 heavy (non-hydrogen) atoms. The molecule has 0 radical (unpaired) electrons. The zero-order chi connectivity index (χ0) is 23.8. The Balaban J connectivity index is 1.51. The smallest absolute Gasteiger partial charge is 0.407 e. The van der Waals surface area contributed by atoms with Gasteiger partial charge in [-0.05, 0) is 41.0 Å². The highest BCUT2D eigenvalue weighted by Crippen LogP contribution is 2.44. The number of fused-ring (bicyclic) bond motifs is 3. The fourth-order valence-corrected chi connectivity index (χ4v) is 4.09. The Morgan fingerprint density at radius 1 is 0.909 bits per heavy atom. The van der Waals surface area contributed by atoms with E-state index in [0.29, 0.717) is 25.9 Å². The standard InChI is InChI=1S/C25H32N4O4/c1-16(2)22(23(30)27-13-7-8-14-28-24(26)31)29-25(32)33-15-21-19-11-5-3-9-17(19)18-10-4-6-12-20(18)21/h3-6,9-12,16,21-22H,7-8,13-15H2,1-2H3,(H,27,30)(H,29,32)(H3,26,28,31)/t22-/m0/s1. The van der Waals surface area contributed by atoms with E-state index in [1.807, 2.05) is 38.1 Å². The highest BCUT2D eigenvalue weighted by molar-refractivity contribution is 5.86. The van der Waals surface area contributed by atoms with Crippen LogP contribution in [-0.2, 0) is 9.53 Å². The highest BCUT2D eigenvalue weighted by atomic mass is 16.5. The molecule has 0 spiro atoms. The lowest BCUT2D eigenvalue weighted by Gasteiger charge is -2.22. The second-order valence-corrected chi connectivity index (χ2v) is 8.48. The molecule has 176 valence electrons. The van der Waals surface area contributed by atoms with Gasteiger partial charge in [-0.15, -0.1) is 0 Å². The summed E-state index contributed by atoms with van der Waals surface area (Å²) < 4.78 is 5.57. The number of nitrogens with two attached hydrogens (primary N) is 1. The Morgan fingerprint density at radius 3 is 2.00 bits per heavy atom.